The maximum Gasteiger partial charge on any atom is 0.332 e. The summed E-state index contributed by atoms with van der Waals surface area (Å²) in [6.45, 7) is -0.371. The van der Waals surface area contributed by atoms with Crippen LogP contribution in [0.15, 0.2) is 0 Å². The number of nitrogens with two attached hydrogens (primary N) is 1. The largest absolute Gasteiger partial charge is 0.479 e. The summed E-state index contributed by atoms with van der Waals surface area (Å²) in [4.78, 5) is 10.7. The highest BCUT2D eigenvalue weighted by Gasteiger charge is 2.33. The molecule has 0 unspecified atom stereocenters. The number of aliphatic carboxylic acids is 1. The number of carboxylic acids is 1. The van der Waals surface area contributed by atoms with Gasteiger partial charge >= 0.3 is 5.97 Å². The molecular weight excluding hydrogens is 202 g/mol. The lowest BCUT2D eigenvalue weighted by Crippen LogP contribution is -2.48. The molecule has 1 aliphatic heterocycles. The first kappa shape index (κ1) is 12.4. The van der Waals surface area contributed by atoms with Gasteiger partial charge in [-0.05, 0) is 12.8 Å². The minimum Gasteiger partial charge on any atom is -0.479 e. The minimum atomic E-state index is -1.01. The second-order valence-corrected chi connectivity index (χ2v) is 3.81. The summed E-state index contributed by atoms with van der Waals surface area (Å²) < 4.78 is 5.24. The van der Waals surface area contributed by atoms with Crippen molar-refractivity contribution in [2.24, 2.45) is 5.73 Å². The van der Waals surface area contributed by atoms with E-state index in [-0.39, 0.29) is 19.1 Å². The molecule has 0 aromatic carbocycles. The molecule has 1 saturated heterocycles. The lowest BCUT2D eigenvalue weighted by atomic mass is 9.95. The molecule has 0 spiro atoms. The van der Waals surface area contributed by atoms with E-state index in [1.54, 1.807) is 0 Å². The van der Waals surface area contributed by atoms with Gasteiger partial charge in [-0.3, -0.25) is 0 Å². The molecule has 4 atom stereocenters. The van der Waals surface area contributed by atoms with Crippen LogP contribution in [0.5, 0.6) is 0 Å². The van der Waals surface area contributed by atoms with Crippen LogP contribution in [0.25, 0.3) is 0 Å². The third-order valence-corrected chi connectivity index (χ3v) is 2.57. The van der Waals surface area contributed by atoms with Crippen molar-refractivity contribution in [2.45, 2.75) is 43.6 Å². The van der Waals surface area contributed by atoms with Gasteiger partial charge in [-0.1, -0.05) is 0 Å². The Morgan fingerprint density at radius 3 is 2.73 bits per heavy atom. The zero-order valence-electron chi connectivity index (χ0n) is 8.37. The molecule has 6 heteroatoms. The second kappa shape index (κ2) is 5.41. The first-order valence-corrected chi connectivity index (χ1v) is 4.97. The number of hydrogen-bond acceptors (Lipinski definition) is 5. The van der Waals surface area contributed by atoms with Crippen LogP contribution in [0.3, 0.4) is 0 Å². The molecule has 0 aromatic rings. The Morgan fingerprint density at radius 1 is 1.53 bits per heavy atom. The van der Waals surface area contributed by atoms with Gasteiger partial charge in [0.25, 0.3) is 0 Å². The van der Waals surface area contributed by atoms with Gasteiger partial charge in [0.15, 0.2) is 6.10 Å². The smallest absolute Gasteiger partial charge is 0.332 e. The van der Waals surface area contributed by atoms with Crippen LogP contribution in [0.1, 0.15) is 19.3 Å². The number of hydrogen-bond donors (Lipinski definition) is 4. The Morgan fingerprint density at radius 2 is 2.20 bits per heavy atom. The molecule has 1 aliphatic rings. The van der Waals surface area contributed by atoms with Gasteiger partial charge in [-0.25, -0.2) is 4.79 Å². The predicted molar refractivity (Wildman–Crippen MR) is 51.2 cm³/mol. The lowest BCUT2D eigenvalue weighted by Gasteiger charge is -2.33. The molecule has 6 nitrogen and oxygen atoms in total. The Bertz CT molecular complexity index is 223. The Hall–Kier alpha value is -0.690. The predicted octanol–water partition coefficient (Wildman–Crippen LogP) is -1.31. The van der Waals surface area contributed by atoms with Crippen molar-refractivity contribution in [2.75, 3.05) is 6.61 Å². The summed E-state index contributed by atoms with van der Waals surface area (Å²) in [7, 11) is 0. The van der Waals surface area contributed by atoms with Gasteiger partial charge < -0.3 is 25.8 Å². The van der Waals surface area contributed by atoms with Gasteiger partial charge in [-0.2, -0.15) is 0 Å². The monoisotopic (exact) mass is 219 g/mol. The molecule has 0 amide bonds. The van der Waals surface area contributed by atoms with E-state index < -0.39 is 24.3 Å². The zero-order chi connectivity index (χ0) is 11.4. The zero-order valence-corrected chi connectivity index (χ0v) is 8.37. The fraction of sp³-hybridized carbons (Fsp3) is 0.889. The van der Waals surface area contributed by atoms with Crippen LogP contribution in [-0.2, 0) is 9.53 Å². The van der Waals surface area contributed by atoms with E-state index in [9.17, 15) is 9.90 Å². The molecular formula is C9H17NO5. The summed E-state index contributed by atoms with van der Waals surface area (Å²) in [6, 6.07) is -0.276. The number of aliphatic hydroxyl groups is 2. The Labute approximate surface area is 87.7 Å². The Kier molecular flexibility index (Phi) is 4.46. The van der Waals surface area contributed by atoms with E-state index in [0.29, 0.717) is 12.8 Å². The number of carboxylic acid groups (broad SMARTS) is 1. The Balaban J connectivity index is 2.49. The molecule has 0 radical (unpaired) electrons. The van der Waals surface area contributed by atoms with Crippen molar-refractivity contribution < 1.29 is 24.9 Å². The van der Waals surface area contributed by atoms with E-state index in [1.807, 2.05) is 0 Å². The topological polar surface area (TPSA) is 113 Å². The minimum absolute atomic E-state index is 0.168. The standard InChI is InChI=1S/C9H17NO5/c10-6-1-2-7(9(13)14)15-8(6)3-5(12)4-11/h5-8,11-12H,1-4,10H2,(H,13,14)/t5-,6+,7-,8-/m0/s1. The summed E-state index contributed by atoms with van der Waals surface area (Å²) in [5.41, 5.74) is 5.73. The van der Waals surface area contributed by atoms with E-state index in [2.05, 4.69) is 0 Å². The molecule has 88 valence electrons. The van der Waals surface area contributed by atoms with Crippen molar-refractivity contribution in [3.8, 4) is 0 Å². The van der Waals surface area contributed by atoms with Gasteiger partial charge in [0.05, 0.1) is 18.8 Å². The quantitative estimate of drug-likeness (QED) is 0.467. The van der Waals surface area contributed by atoms with Crippen LogP contribution in [0.2, 0.25) is 0 Å². The van der Waals surface area contributed by atoms with Crippen molar-refractivity contribution in [1.29, 1.82) is 0 Å². The summed E-state index contributed by atoms with van der Waals surface area (Å²) in [5, 5.41) is 26.6. The van der Waals surface area contributed by atoms with E-state index in [4.69, 9.17) is 20.7 Å². The van der Waals surface area contributed by atoms with Crippen LogP contribution < -0.4 is 5.73 Å². The molecule has 1 heterocycles. The van der Waals surface area contributed by atoms with E-state index in [0.717, 1.165) is 0 Å². The van der Waals surface area contributed by atoms with Crippen molar-refractivity contribution in [3.05, 3.63) is 0 Å². The van der Waals surface area contributed by atoms with Crippen molar-refractivity contribution in [3.63, 3.8) is 0 Å². The molecule has 0 bridgehead atoms. The summed E-state index contributed by atoms with van der Waals surface area (Å²) in [5.74, 6) is -1.01. The SMILES string of the molecule is N[C@@H]1CC[C@@H](C(=O)O)O[C@H]1C[C@H](O)CO. The third kappa shape index (κ3) is 3.42. The van der Waals surface area contributed by atoms with Gasteiger partial charge in [0.2, 0.25) is 0 Å². The summed E-state index contributed by atoms with van der Waals surface area (Å²) >= 11 is 0. The van der Waals surface area contributed by atoms with Gasteiger partial charge in [-0.15, -0.1) is 0 Å². The highest BCUT2D eigenvalue weighted by atomic mass is 16.5. The van der Waals surface area contributed by atoms with Crippen molar-refractivity contribution in [1.82, 2.24) is 0 Å². The molecule has 5 N–H and O–H groups in total. The van der Waals surface area contributed by atoms with E-state index >= 15 is 0 Å². The number of aliphatic hydroxyl groups excluding tert-OH is 2. The molecule has 1 fully saturated rings. The van der Waals surface area contributed by atoms with Gasteiger partial charge in [0, 0.05) is 12.5 Å². The number of carbonyl (C=O) groups is 1. The maximum absolute atomic E-state index is 10.7. The number of rotatable bonds is 4. The fourth-order valence-electron chi connectivity index (χ4n) is 1.66. The van der Waals surface area contributed by atoms with Crippen LogP contribution >= 0.6 is 0 Å². The first-order chi connectivity index (χ1) is 7.04. The third-order valence-electron chi connectivity index (χ3n) is 2.57. The molecule has 0 saturated carbocycles. The molecule has 0 aromatic heterocycles. The average Bonchev–Trinajstić information content (AvgIpc) is 2.20. The highest BCUT2D eigenvalue weighted by molar-refractivity contribution is 5.72. The second-order valence-electron chi connectivity index (χ2n) is 3.81. The van der Waals surface area contributed by atoms with E-state index in [1.165, 1.54) is 0 Å². The lowest BCUT2D eigenvalue weighted by molar-refractivity contribution is -0.162. The maximum atomic E-state index is 10.7. The normalized spacial score (nSPS) is 33.7. The van der Waals surface area contributed by atoms with Crippen LogP contribution in [-0.4, -0.2) is 52.2 Å². The molecule has 0 aliphatic carbocycles. The van der Waals surface area contributed by atoms with Crippen LogP contribution in [0, 0.1) is 0 Å². The molecule has 1 rings (SSSR count). The van der Waals surface area contributed by atoms with Gasteiger partial charge in [0.1, 0.15) is 0 Å². The average molecular weight is 219 g/mol. The van der Waals surface area contributed by atoms with Crippen molar-refractivity contribution >= 4 is 5.97 Å². The summed E-state index contributed by atoms with van der Waals surface area (Å²) in [6.07, 6.45) is -1.14. The first-order valence-electron chi connectivity index (χ1n) is 4.97. The van der Waals surface area contributed by atoms with Crippen LogP contribution in [0.4, 0.5) is 0 Å². The molecule has 15 heavy (non-hydrogen) atoms. The fourth-order valence-corrected chi connectivity index (χ4v) is 1.66. The number of ether oxygens (including phenoxy) is 1. The highest BCUT2D eigenvalue weighted by Crippen LogP contribution is 2.21.